The first kappa shape index (κ1) is 22.7. The Kier molecular flexibility index (Phi) is 7.63. The van der Waals surface area contributed by atoms with Crippen molar-refractivity contribution in [2.24, 2.45) is 0 Å². The predicted octanol–water partition coefficient (Wildman–Crippen LogP) is 4.41. The molecule has 0 unspecified atom stereocenters. The molecule has 1 fully saturated rings. The standard InChI is InChI=1S/C23H23N4O.C2H6.H2O.H2/c28-25-21-15-18(22(17-8-9-17)23-20(21)7-4-10-24-23)16-26-11-13-27(14-12-26)19-5-2-1-3-6-19;1-2;;/h1-10,15,25,28H,11-14,16H2;1-2H3;1H2;1H. The van der Waals surface area contributed by atoms with E-state index in [9.17, 15) is 5.21 Å². The van der Waals surface area contributed by atoms with Crippen molar-refractivity contribution in [1.82, 2.24) is 9.88 Å². The fourth-order valence-corrected chi connectivity index (χ4v) is 4.09. The fourth-order valence-electron chi connectivity index (χ4n) is 4.09. The minimum Gasteiger partial charge on any atom is -0.412 e. The summed E-state index contributed by atoms with van der Waals surface area (Å²) in [5.41, 5.74) is 8.96. The number of para-hydroxylation sites is 1. The van der Waals surface area contributed by atoms with Crippen LogP contribution in [-0.2, 0) is 6.54 Å². The molecule has 165 valence electrons. The normalized spacial score (nSPS) is 15.5. The van der Waals surface area contributed by atoms with E-state index in [-0.39, 0.29) is 6.90 Å². The van der Waals surface area contributed by atoms with Crippen LogP contribution in [-0.4, -0.2) is 46.7 Å². The number of nitrogens with zero attached hydrogens (tertiary/aromatic N) is 3. The van der Waals surface area contributed by atoms with E-state index in [4.69, 9.17) is 0 Å². The van der Waals surface area contributed by atoms with E-state index in [1.165, 1.54) is 22.4 Å². The minimum absolute atomic E-state index is 0. The highest BCUT2D eigenvalue weighted by atomic mass is 16.5. The Morgan fingerprint density at radius 3 is 2.39 bits per heavy atom. The number of benzene rings is 2. The molecule has 4 N–H and O–H groups in total. The maximum atomic E-state index is 9.65. The van der Waals surface area contributed by atoms with Gasteiger partial charge >= 0.3 is 0 Å². The first-order valence-corrected chi connectivity index (χ1v) is 10.7. The molecule has 1 aliphatic carbocycles. The van der Waals surface area contributed by atoms with Gasteiger partial charge in [-0.25, -0.2) is 0 Å². The number of rotatable bonds is 5. The summed E-state index contributed by atoms with van der Waals surface area (Å²) in [6.07, 6.45) is 6.08. The van der Waals surface area contributed by atoms with Gasteiger partial charge in [-0.2, -0.15) is 0 Å². The zero-order valence-electron chi connectivity index (χ0n) is 18.2. The number of allylic oxidation sites excluding steroid dienone is 2. The number of nitrogens with one attached hydrogen (secondary N) is 1. The summed E-state index contributed by atoms with van der Waals surface area (Å²) in [7, 11) is 0. The Morgan fingerprint density at radius 1 is 1.03 bits per heavy atom. The van der Waals surface area contributed by atoms with Gasteiger partial charge in [0.2, 0.25) is 0 Å². The van der Waals surface area contributed by atoms with Crippen LogP contribution in [0.25, 0.3) is 16.5 Å². The fraction of sp³-hybridized carbons (Fsp3) is 0.280. The maximum Gasteiger partial charge on any atom is 0.0802 e. The van der Waals surface area contributed by atoms with Crippen LogP contribution in [0.2, 0.25) is 0 Å². The summed E-state index contributed by atoms with van der Waals surface area (Å²) < 4.78 is 0. The van der Waals surface area contributed by atoms with Gasteiger partial charge in [0.1, 0.15) is 0 Å². The monoisotopic (exact) mass is 421 g/mol. The van der Waals surface area contributed by atoms with E-state index in [2.05, 4.69) is 69.2 Å². The average Bonchev–Trinajstić information content (AvgIpc) is 3.66. The summed E-state index contributed by atoms with van der Waals surface area (Å²) in [5, 5.41) is 10.6. The summed E-state index contributed by atoms with van der Waals surface area (Å²) in [4.78, 5) is 9.54. The van der Waals surface area contributed by atoms with Crippen LogP contribution < -0.4 is 10.4 Å². The highest BCUT2D eigenvalue weighted by molar-refractivity contribution is 6.04. The summed E-state index contributed by atoms with van der Waals surface area (Å²) >= 11 is 0. The second-order valence-electron chi connectivity index (χ2n) is 7.36. The number of piperazine rings is 1. The highest BCUT2D eigenvalue weighted by Crippen LogP contribution is 2.39. The molecule has 1 saturated heterocycles. The van der Waals surface area contributed by atoms with E-state index >= 15 is 0 Å². The van der Waals surface area contributed by atoms with Crippen LogP contribution in [0, 0.1) is 6.42 Å². The molecule has 1 aromatic heterocycles. The number of anilines is 2. The van der Waals surface area contributed by atoms with Gasteiger partial charge < -0.3 is 10.4 Å². The highest BCUT2D eigenvalue weighted by Gasteiger charge is 2.24. The molecule has 0 amide bonds. The SMILES string of the molecule is CC.O.ONc1cc(CN2CCN(c3ccccc3)CC2)c(C2=C[CH]2)c2ncccc12.[HH]. The van der Waals surface area contributed by atoms with Gasteiger partial charge in [-0.05, 0) is 41.5 Å². The smallest absolute Gasteiger partial charge is 0.0802 e. The van der Waals surface area contributed by atoms with Crippen molar-refractivity contribution in [2.75, 3.05) is 36.6 Å². The number of fused-ring (bicyclic) bond motifs is 1. The average molecular weight is 422 g/mol. The largest absolute Gasteiger partial charge is 0.412 e. The lowest BCUT2D eigenvalue weighted by Gasteiger charge is -2.36. The first-order valence-electron chi connectivity index (χ1n) is 10.7. The minimum atomic E-state index is 0. The summed E-state index contributed by atoms with van der Waals surface area (Å²) in [6.45, 7) is 8.92. The number of hydrogen-bond acceptors (Lipinski definition) is 5. The zero-order chi connectivity index (χ0) is 20.9. The van der Waals surface area contributed by atoms with Gasteiger partial charge in [0.15, 0.2) is 0 Å². The van der Waals surface area contributed by atoms with E-state index in [0.29, 0.717) is 5.69 Å². The van der Waals surface area contributed by atoms with Crippen molar-refractivity contribution in [3.63, 3.8) is 0 Å². The van der Waals surface area contributed by atoms with Gasteiger partial charge in [-0.1, -0.05) is 38.1 Å². The van der Waals surface area contributed by atoms with Crippen molar-refractivity contribution >= 4 is 27.9 Å². The van der Waals surface area contributed by atoms with E-state index in [0.717, 1.165) is 43.6 Å². The Bertz CT molecular complexity index is 1030. The third-order valence-electron chi connectivity index (χ3n) is 5.60. The predicted molar refractivity (Wildman–Crippen MR) is 130 cm³/mol. The molecular formula is C25H33N4O2. The molecule has 6 nitrogen and oxygen atoms in total. The molecular weight excluding hydrogens is 388 g/mol. The lowest BCUT2D eigenvalue weighted by molar-refractivity contribution is 0.250. The van der Waals surface area contributed by atoms with Crippen molar-refractivity contribution < 1.29 is 12.1 Å². The molecule has 0 spiro atoms. The Hall–Kier alpha value is -2.93. The Balaban J connectivity index is 0.000000884. The molecule has 2 heterocycles. The number of pyridine rings is 1. The molecule has 31 heavy (non-hydrogen) atoms. The molecule has 0 bridgehead atoms. The molecule has 2 aliphatic rings. The van der Waals surface area contributed by atoms with E-state index < -0.39 is 0 Å². The molecule has 0 atom stereocenters. The number of aromatic nitrogens is 1. The third-order valence-corrected chi connectivity index (χ3v) is 5.60. The van der Waals surface area contributed by atoms with Gasteiger partial charge in [-0.15, -0.1) is 0 Å². The van der Waals surface area contributed by atoms with Crippen molar-refractivity contribution in [3.8, 4) is 0 Å². The quantitative estimate of drug-likeness (QED) is 0.597. The second kappa shape index (κ2) is 10.4. The molecule has 5 rings (SSSR count). The molecule has 6 heteroatoms. The van der Waals surface area contributed by atoms with Gasteiger partial charge in [0.25, 0.3) is 0 Å². The zero-order valence-corrected chi connectivity index (χ0v) is 18.2. The number of hydrogen-bond donors (Lipinski definition) is 2. The molecule has 1 aliphatic heterocycles. The van der Waals surface area contributed by atoms with E-state index in [1.807, 2.05) is 32.2 Å². The van der Waals surface area contributed by atoms with Crippen LogP contribution in [0.15, 0.2) is 60.8 Å². The molecule has 3 aromatic rings. The van der Waals surface area contributed by atoms with Crippen molar-refractivity contribution in [2.45, 2.75) is 20.4 Å². The first-order chi connectivity index (χ1) is 14.8. The van der Waals surface area contributed by atoms with Gasteiger partial charge in [-0.3, -0.25) is 20.6 Å². The lowest BCUT2D eigenvalue weighted by Crippen LogP contribution is -2.46. The molecule has 0 saturated carbocycles. The summed E-state index contributed by atoms with van der Waals surface area (Å²) in [5.74, 6) is 0. The van der Waals surface area contributed by atoms with Gasteiger partial charge in [0.05, 0.1) is 11.2 Å². The second-order valence-corrected chi connectivity index (χ2v) is 7.36. The van der Waals surface area contributed by atoms with Gasteiger partial charge in [0, 0.05) is 63.4 Å². The van der Waals surface area contributed by atoms with Crippen LogP contribution in [0.3, 0.4) is 0 Å². The lowest BCUT2D eigenvalue weighted by atomic mass is 9.98. The van der Waals surface area contributed by atoms with E-state index in [1.54, 1.807) is 0 Å². The molecule has 2 aromatic carbocycles. The third kappa shape index (κ3) is 4.88. The van der Waals surface area contributed by atoms with Crippen LogP contribution in [0.1, 0.15) is 26.4 Å². The summed E-state index contributed by atoms with van der Waals surface area (Å²) in [6, 6.07) is 16.6. The Labute approximate surface area is 185 Å². The Morgan fingerprint density at radius 2 is 1.74 bits per heavy atom. The van der Waals surface area contributed by atoms with Crippen LogP contribution >= 0.6 is 0 Å². The topological polar surface area (TPSA) is 83.1 Å². The van der Waals surface area contributed by atoms with Crippen molar-refractivity contribution in [3.05, 3.63) is 78.4 Å². The van der Waals surface area contributed by atoms with Crippen molar-refractivity contribution in [1.29, 1.82) is 0 Å². The van der Waals surface area contributed by atoms with Crippen LogP contribution in [0.5, 0.6) is 0 Å². The maximum absolute atomic E-state index is 9.65. The molecule has 1 radical (unpaired) electrons. The van der Waals surface area contributed by atoms with Crippen LogP contribution in [0.4, 0.5) is 11.4 Å².